The molecule has 7 heteroatoms. The minimum absolute atomic E-state index is 0.0863. The summed E-state index contributed by atoms with van der Waals surface area (Å²) in [6.45, 7) is 2.26. The van der Waals surface area contributed by atoms with Gasteiger partial charge < -0.3 is 9.47 Å². The molecule has 104 valence electrons. The number of rotatable bonds is 0. The van der Waals surface area contributed by atoms with Gasteiger partial charge in [0.25, 0.3) is 0 Å². The van der Waals surface area contributed by atoms with Crippen LogP contribution in [-0.2, 0) is 16.1 Å². The molecule has 0 radical (unpaired) electrons. The molecule has 3 rings (SSSR count). The molecule has 3 nitrogen and oxygen atoms in total. The summed E-state index contributed by atoms with van der Waals surface area (Å²) in [6, 6.07) is 5.29. The second-order valence-corrected chi connectivity index (χ2v) is 9.75. The molecule has 2 aliphatic heterocycles. The minimum atomic E-state index is -0.376. The van der Waals surface area contributed by atoms with Gasteiger partial charge in [-0.25, -0.2) is 4.79 Å². The maximum atomic E-state index is 10.9. The lowest BCUT2D eigenvalue weighted by molar-refractivity contribution is -0.147. The molecule has 2 bridgehead atoms. The lowest BCUT2D eigenvalue weighted by atomic mass is 10.2. The third-order valence-electron chi connectivity index (χ3n) is 2.00. The van der Waals surface area contributed by atoms with Crippen LogP contribution in [0, 0.1) is 0 Å². The van der Waals surface area contributed by atoms with E-state index in [4.69, 9.17) is 21.1 Å². The monoisotopic (exact) mass is 618 g/mol. The summed E-state index contributed by atoms with van der Waals surface area (Å²) in [6.07, 6.45) is 0. The third-order valence-corrected chi connectivity index (χ3v) is 6.52. The Bertz CT molecular complexity index is 485. The molecule has 0 saturated heterocycles. The Morgan fingerprint density at radius 3 is 2.37 bits per heavy atom. The van der Waals surface area contributed by atoms with Gasteiger partial charge >= 0.3 is 5.97 Å². The van der Waals surface area contributed by atoms with Crippen LogP contribution in [0.3, 0.4) is 0 Å². The van der Waals surface area contributed by atoms with E-state index in [0.717, 1.165) is 5.56 Å². The molecule has 2 heterocycles. The zero-order chi connectivity index (χ0) is 14.4. The highest BCUT2D eigenvalue weighted by Crippen LogP contribution is 2.26. The highest BCUT2D eigenvalue weighted by molar-refractivity contribution is 14.2. The number of hydrogen-bond acceptors (Lipinski definition) is 3. The van der Waals surface area contributed by atoms with Gasteiger partial charge in [-0.3, -0.25) is 0 Å². The molecule has 0 fully saturated rings. The van der Waals surface area contributed by atoms with Gasteiger partial charge in [-0.15, -0.1) is 0 Å². The first kappa shape index (κ1) is 17.8. The Kier molecular flexibility index (Phi) is 8.30. The number of carbonyl (C=O) groups excluding carboxylic acids is 1. The van der Waals surface area contributed by atoms with Crippen LogP contribution in [0.2, 0.25) is 5.02 Å². The second kappa shape index (κ2) is 8.88. The largest absolute Gasteiger partial charge is 0.480 e. The quantitative estimate of drug-likeness (QED) is 0.295. The summed E-state index contributed by atoms with van der Waals surface area (Å²) in [5.74, 6) is 0.141. The maximum absolute atomic E-state index is 10.9. The Morgan fingerprint density at radius 2 is 1.84 bits per heavy atom. The molecule has 0 unspecified atom stereocenters. The lowest BCUT2D eigenvalue weighted by Gasteiger charge is -2.03. The third kappa shape index (κ3) is 6.80. The van der Waals surface area contributed by atoms with Crippen LogP contribution >= 0.6 is 79.4 Å². The average molecular weight is 618 g/mol. The highest BCUT2D eigenvalue weighted by Gasteiger charge is 2.11. The first-order valence-corrected chi connectivity index (χ1v) is 8.76. The number of ether oxygens (including phenoxy) is 2. The SMILES string of the molecule is CC(I)=C(I)I.O=C1COc2ccc(cc2Cl)CO1. The highest BCUT2D eigenvalue weighted by atomic mass is 127. The van der Waals surface area contributed by atoms with E-state index in [0.29, 0.717) is 10.8 Å². The van der Waals surface area contributed by atoms with E-state index in [1.807, 2.05) is 6.07 Å². The van der Waals surface area contributed by atoms with E-state index < -0.39 is 0 Å². The van der Waals surface area contributed by atoms with Gasteiger partial charge in [0.05, 0.1) is 6.61 Å². The molecular weight excluding hydrogens is 608 g/mol. The van der Waals surface area contributed by atoms with E-state index >= 15 is 0 Å². The van der Waals surface area contributed by atoms with Crippen LogP contribution in [0.5, 0.6) is 5.75 Å². The Morgan fingerprint density at radius 1 is 1.21 bits per heavy atom. The Labute approximate surface area is 157 Å². The second-order valence-electron chi connectivity index (χ2n) is 3.51. The van der Waals surface area contributed by atoms with Crippen molar-refractivity contribution in [3.8, 4) is 5.75 Å². The molecule has 2 aliphatic rings. The zero-order valence-corrected chi connectivity index (χ0v) is 17.1. The van der Waals surface area contributed by atoms with Crippen molar-refractivity contribution in [2.24, 2.45) is 0 Å². The fourth-order valence-corrected chi connectivity index (χ4v) is 1.35. The van der Waals surface area contributed by atoms with Gasteiger partial charge in [0.15, 0.2) is 6.61 Å². The number of hydrogen-bond donors (Lipinski definition) is 0. The molecule has 19 heavy (non-hydrogen) atoms. The molecule has 0 atom stereocenters. The van der Waals surface area contributed by atoms with Crippen LogP contribution in [0.15, 0.2) is 23.4 Å². The lowest BCUT2D eigenvalue weighted by Crippen LogP contribution is -2.13. The van der Waals surface area contributed by atoms with Crippen LogP contribution in [0.1, 0.15) is 12.5 Å². The van der Waals surface area contributed by atoms with Crippen molar-refractivity contribution in [1.82, 2.24) is 0 Å². The standard InChI is InChI=1S/C9H7ClO3.C3H3I3/c10-7-3-6-1-2-8(7)12-5-9(11)13-4-6;1-2(4)3(5)6/h1-3H,4-5H2;1H3. The first-order valence-electron chi connectivity index (χ1n) is 5.14. The van der Waals surface area contributed by atoms with Gasteiger partial charge in [-0.1, -0.05) is 17.7 Å². The predicted molar refractivity (Wildman–Crippen MR) is 102 cm³/mol. The van der Waals surface area contributed by atoms with Crippen molar-refractivity contribution in [3.05, 3.63) is 34.0 Å². The fraction of sp³-hybridized carbons (Fsp3) is 0.250. The number of carbonyl (C=O) groups is 1. The topological polar surface area (TPSA) is 35.5 Å². The normalized spacial score (nSPS) is 13.0. The van der Waals surface area contributed by atoms with Gasteiger partial charge in [0, 0.05) is 3.58 Å². The molecule has 0 saturated carbocycles. The molecular formula is C12H10ClI3O3. The summed E-state index contributed by atoms with van der Waals surface area (Å²) >= 11 is 12.8. The van der Waals surface area contributed by atoms with E-state index in [9.17, 15) is 4.79 Å². The van der Waals surface area contributed by atoms with Crippen LogP contribution < -0.4 is 4.74 Å². The molecule has 0 amide bonds. The summed E-state index contributed by atoms with van der Waals surface area (Å²) in [7, 11) is 0. The molecule has 0 aliphatic carbocycles. The van der Waals surface area contributed by atoms with Crippen molar-refractivity contribution in [1.29, 1.82) is 0 Å². The van der Waals surface area contributed by atoms with Crippen molar-refractivity contribution >= 4 is 85.3 Å². The van der Waals surface area contributed by atoms with Gasteiger partial charge in [-0.05, 0) is 92.4 Å². The molecule has 0 N–H and O–H groups in total. The first-order chi connectivity index (χ1) is 8.90. The summed E-state index contributed by atoms with van der Waals surface area (Å²) in [5, 5.41) is 0.510. The predicted octanol–water partition coefficient (Wildman–Crippen LogP) is 5.26. The van der Waals surface area contributed by atoms with Gasteiger partial charge in [-0.2, -0.15) is 0 Å². The van der Waals surface area contributed by atoms with E-state index in [1.54, 1.807) is 12.1 Å². The average Bonchev–Trinajstić information content (AvgIpc) is 2.47. The van der Waals surface area contributed by atoms with Crippen LogP contribution in [0.25, 0.3) is 0 Å². The van der Waals surface area contributed by atoms with E-state index in [-0.39, 0.29) is 19.2 Å². The molecule has 0 spiro atoms. The summed E-state index contributed by atoms with van der Waals surface area (Å²) in [5.41, 5.74) is 0.868. The number of esters is 1. The van der Waals surface area contributed by atoms with Crippen LogP contribution in [0.4, 0.5) is 0 Å². The number of halogens is 4. The summed E-state index contributed by atoms with van der Waals surface area (Å²) in [4.78, 5) is 10.9. The molecule has 0 aromatic heterocycles. The zero-order valence-electron chi connectivity index (χ0n) is 9.88. The van der Waals surface area contributed by atoms with Crippen molar-refractivity contribution in [2.45, 2.75) is 13.5 Å². The summed E-state index contributed by atoms with van der Waals surface area (Å²) < 4.78 is 12.7. The number of allylic oxidation sites excluding steroid dienone is 1. The number of fused-ring (bicyclic) bond motifs is 6. The van der Waals surface area contributed by atoms with E-state index in [1.165, 1.54) is 5.17 Å². The fourth-order valence-electron chi connectivity index (χ4n) is 1.09. The van der Waals surface area contributed by atoms with Gasteiger partial charge in [0.2, 0.25) is 0 Å². The Balaban J connectivity index is 0.000000258. The van der Waals surface area contributed by atoms with Crippen molar-refractivity contribution in [2.75, 3.05) is 6.61 Å². The number of benzene rings is 1. The Hall–Kier alpha value is 0.710. The van der Waals surface area contributed by atoms with Crippen molar-refractivity contribution in [3.63, 3.8) is 0 Å². The van der Waals surface area contributed by atoms with E-state index in [2.05, 4.69) is 74.7 Å². The maximum Gasteiger partial charge on any atom is 0.344 e. The smallest absolute Gasteiger partial charge is 0.344 e. The molecule has 1 aromatic rings. The van der Waals surface area contributed by atoms with Gasteiger partial charge in [0.1, 0.15) is 12.4 Å². The minimum Gasteiger partial charge on any atom is -0.480 e. The van der Waals surface area contributed by atoms with Crippen LogP contribution in [-0.4, -0.2) is 12.6 Å². The van der Waals surface area contributed by atoms with Crippen molar-refractivity contribution < 1.29 is 14.3 Å². The molecule has 1 aromatic carbocycles.